The Labute approximate surface area is 148 Å². The summed E-state index contributed by atoms with van der Waals surface area (Å²) in [6.07, 6.45) is 4.40. The highest BCUT2D eigenvalue weighted by atomic mass is 32.2. The molecule has 0 unspecified atom stereocenters. The molecule has 2 heterocycles. The highest BCUT2D eigenvalue weighted by molar-refractivity contribution is 8.00. The van der Waals surface area contributed by atoms with Crippen molar-refractivity contribution in [3.8, 4) is 0 Å². The molecule has 3 rings (SSSR count). The zero-order valence-corrected chi connectivity index (χ0v) is 15.0. The van der Waals surface area contributed by atoms with Crippen LogP contribution in [0.5, 0.6) is 0 Å². The molecule has 24 heavy (non-hydrogen) atoms. The van der Waals surface area contributed by atoms with E-state index >= 15 is 0 Å². The maximum Gasteiger partial charge on any atom is 0.221 e. The summed E-state index contributed by atoms with van der Waals surface area (Å²) in [5.41, 5.74) is 2.74. The second-order valence-corrected chi connectivity index (χ2v) is 7.17. The summed E-state index contributed by atoms with van der Waals surface area (Å²) in [4.78, 5) is 24.0. The lowest BCUT2D eigenvalue weighted by Crippen LogP contribution is -2.07. The average molecular weight is 359 g/mol. The SMILES string of the molecule is CSc1nc2ncnc(NCCc3ccc(NC(C)=O)cc3)c2s1. The first-order valence-corrected chi connectivity index (χ1v) is 9.46. The molecular formula is C16H17N5OS2. The minimum absolute atomic E-state index is 0.0636. The normalized spacial score (nSPS) is 10.8. The fourth-order valence-electron chi connectivity index (χ4n) is 2.23. The van der Waals surface area contributed by atoms with Gasteiger partial charge in [0, 0.05) is 19.2 Å². The first-order chi connectivity index (χ1) is 11.7. The van der Waals surface area contributed by atoms with Crippen LogP contribution in [-0.2, 0) is 11.2 Å². The Morgan fingerprint density at radius 2 is 2.04 bits per heavy atom. The summed E-state index contributed by atoms with van der Waals surface area (Å²) in [5, 5.41) is 6.12. The van der Waals surface area contributed by atoms with Crippen LogP contribution in [0, 0.1) is 0 Å². The fourth-order valence-corrected chi connectivity index (χ4v) is 3.71. The molecule has 0 saturated heterocycles. The van der Waals surface area contributed by atoms with Crippen LogP contribution in [0.25, 0.3) is 10.3 Å². The molecule has 0 spiro atoms. The van der Waals surface area contributed by atoms with E-state index in [-0.39, 0.29) is 5.91 Å². The van der Waals surface area contributed by atoms with Gasteiger partial charge in [-0.05, 0) is 30.4 Å². The third-order valence-corrected chi connectivity index (χ3v) is 5.36. The predicted octanol–water partition coefficient (Wildman–Crippen LogP) is 3.42. The molecule has 124 valence electrons. The Kier molecular flexibility index (Phi) is 5.27. The molecule has 0 aliphatic heterocycles. The van der Waals surface area contributed by atoms with E-state index in [1.807, 2.05) is 30.5 Å². The van der Waals surface area contributed by atoms with Gasteiger partial charge < -0.3 is 10.6 Å². The molecule has 0 radical (unpaired) electrons. The lowest BCUT2D eigenvalue weighted by atomic mass is 10.1. The molecule has 8 heteroatoms. The van der Waals surface area contributed by atoms with Crippen molar-refractivity contribution in [1.29, 1.82) is 0 Å². The Morgan fingerprint density at radius 1 is 1.25 bits per heavy atom. The molecule has 1 amide bonds. The standard InChI is InChI=1S/C16H17N5OS2/c1-10(22)20-12-5-3-11(4-6-12)7-8-17-14-13-15(19-9-18-14)21-16(23-2)24-13/h3-6,9H,7-8H2,1-2H3,(H,20,22)(H,17,18,19). The smallest absolute Gasteiger partial charge is 0.221 e. The number of carbonyl (C=O) groups excluding carboxylic acids is 1. The van der Waals surface area contributed by atoms with Crippen molar-refractivity contribution in [3.63, 3.8) is 0 Å². The quantitative estimate of drug-likeness (QED) is 0.657. The van der Waals surface area contributed by atoms with Gasteiger partial charge in [0.05, 0.1) is 0 Å². The largest absolute Gasteiger partial charge is 0.368 e. The molecule has 3 aromatic rings. The Balaban J connectivity index is 1.62. The van der Waals surface area contributed by atoms with E-state index in [1.165, 1.54) is 18.8 Å². The van der Waals surface area contributed by atoms with E-state index < -0.39 is 0 Å². The lowest BCUT2D eigenvalue weighted by Gasteiger charge is -2.07. The third-order valence-electron chi connectivity index (χ3n) is 3.33. The number of hydrogen-bond donors (Lipinski definition) is 2. The first-order valence-electron chi connectivity index (χ1n) is 7.41. The highest BCUT2D eigenvalue weighted by Crippen LogP contribution is 2.30. The third kappa shape index (κ3) is 4.01. The number of aromatic nitrogens is 3. The van der Waals surface area contributed by atoms with Gasteiger partial charge in [-0.25, -0.2) is 15.0 Å². The van der Waals surface area contributed by atoms with Crippen LogP contribution in [0.2, 0.25) is 0 Å². The summed E-state index contributed by atoms with van der Waals surface area (Å²) in [7, 11) is 0. The maximum absolute atomic E-state index is 11.0. The topological polar surface area (TPSA) is 79.8 Å². The van der Waals surface area contributed by atoms with Crippen LogP contribution >= 0.6 is 23.1 Å². The van der Waals surface area contributed by atoms with E-state index in [0.717, 1.165) is 39.2 Å². The van der Waals surface area contributed by atoms with Crippen LogP contribution in [0.15, 0.2) is 34.9 Å². The first kappa shape index (κ1) is 16.7. The number of nitrogens with zero attached hydrogens (tertiary/aromatic N) is 3. The molecule has 6 nitrogen and oxygen atoms in total. The summed E-state index contributed by atoms with van der Waals surface area (Å²) < 4.78 is 1.98. The zero-order chi connectivity index (χ0) is 16.9. The van der Waals surface area contributed by atoms with Gasteiger partial charge in [0.25, 0.3) is 0 Å². The number of thiazole rings is 1. The van der Waals surface area contributed by atoms with Gasteiger partial charge in [-0.15, -0.1) is 11.3 Å². The van der Waals surface area contributed by atoms with Crippen LogP contribution in [0.4, 0.5) is 11.5 Å². The summed E-state index contributed by atoms with van der Waals surface area (Å²) in [6, 6.07) is 7.85. The zero-order valence-electron chi connectivity index (χ0n) is 13.4. The predicted molar refractivity (Wildman–Crippen MR) is 99.9 cm³/mol. The molecule has 0 bridgehead atoms. The van der Waals surface area contributed by atoms with Gasteiger partial charge in [0.2, 0.25) is 5.91 Å². The molecule has 0 aliphatic carbocycles. The molecule has 1 aromatic carbocycles. The van der Waals surface area contributed by atoms with Gasteiger partial charge in [0.1, 0.15) is 16.8 Å². The van der Waals surface area contributed by atoms with E-state index in [4.69, 9.17) is 0 Å². The van der Waals surface area contributed by atoms with E-state index in [9.17, 15) is 4.79 Å². The van der Waals surface area contributed by atoms with Crippen LogP contribution in [0.3, 0.4) is 0 Å². The van der Waals surface area contributed by atoms with Crippen molar-refractivity contribution in [1.82, 2.24) is 15.0 Å². The van der Waals surface area contributed by atoms with Gasteiger partial charge in [0.15, 0.2) is 9.99 Å². The number of benzene rings is 1. The van der Waals surface area contributed by atoms with Crippen LogP contribution in [-0.4, -0.2) is 33.7 Å². The number of hydrogen-bond acceptors (Lipinski definition) is 7. The number of fused-ring (bicyclic) bond motifs is 1. The van der Waals surface area contributed by atoms with Crippen molar-refractivity contribution >= 4 is 50.9 Å². The van der Waals surface area contributed by atoms with E-state index in [2.05, 4.69) is 25.6 Å². The second kappa shape index (κ2) is 7.59. The fraction of sp³-hybridized carbons (Fsp3) is 0.250. The van der Waals surface area contributed by atoms with Crippen LogP contribution < -0.4 is 10.6 Å². The van der Waals surface area contributed by atoms with E-state index in [1.54, 1.807) is 23.1 Å². The minimum atomic E-state index is -0.0636. The van der Waals surface area contributed by atoms with Crippen LogP contribution in [0.1, 0.15) is 12.5 Å². The van der Waals surface area contributed by atoms with Crippen molar-refractivity contribution < 1.29 is 4.79 Å². The Hall–Kier alpha value is -2.19. The number of carbonyl (C=O) groups is 1. The molecule has 2 aromatic heterocycles. The van der Waals surface area contributed by atoms with Crippen molar-refractivity contribution in [2.75, 3.05) is 23.4 Å². The molecule has 0 fully saturated rings. The van der Waals surface area contributed by atoms with Gasteiger partial charge >= 0.3 is 0 Å². The van der Waals surface area contributed by atoms with Crippen molar-refractivity contribution in [2.45, 2.75) is 17.7 Å². The van der Waals surface area contributed by atoms with Gasteiger partial charge in [-0.3, -0.25) is 4.79 Å². The maximum atomic E-state index is 11.0. The summed E-state index contributed by atoms with van der Waals surface area (Å²) in [6.45, 7) is 2.26. The number of thioether (sulfide) groups is 1. The molecule has 0 aliphatic rings. The van der Waals surface area contributed by atoms with Crippen molar-refractivity contribution in [3.05, 3.63) is 36.2 Å². The Morgan fingerprint density at radius 3 is 2.75 bits per heavy atom. The summed E-state index contributed by atoms with van der Waals surface area (Å²) >= 11 is 3.21. The minimum Gasteiger partial charge on any atom is -0.368 e. The monoisotopic (exact) mass is 359 g/mol. The number of anilines is 2. The number of rotatable bonds is 6. The average Bonchev–Trinajstić information content (AvgIpc) is 3.00. The lowest BCUT2D eigenvalue weighted by molar-refractivity contribution is -0.114. The molecule has 2 N–H and O–H groups in total. The second-order valence-electron chi connectivity index (χ2n) is 5.11. The van der Waals surface area contributed by atoms with Crippen molar-refractivity contribution in [2.24, 2.45) is 0 Å². The molecule has 0 atom stereocenters. The number of amides is 1. The molecule has 0 saturated carbocycles. The van der Waals surface area contributed by atoms with Gasteiger partial charge in [-0.2, -0.15) is 0 Å². The summed E-state index contributed by atoms with van der Waals surface area (Å²) in [5.74, 6) is 0.763. The van der Waals surface area contributed by atoms with Gasteiger partial charge in [-0.1, -0.05) is 23.9 Å². The highest BCUT2D eigenvalue weighted by Gasteiger charge is 2.09. The molecular weight excluding hydrogens is 342 g/mol. The number of nitrogens with one attached hydrogen (secondary N) is 2. The van der Waals surface area contributed by atoms with E-state index in [0.29, 0.717) is 0 Å². The Bertz CT molecular complexity index is 847.